The molecule has 4 nitrogen and oxygen atoms in total. The van der Waals surface area contributed by atoms with Gasteiger partial charge in [-0.2, -0.15) is 0 Å². The molecule has 0 atom stereocenters. The summed E-state index contributed by atoms with van der Waals surface area (Å²) in [5.74, 6) is -2.76. The molecule has 0 bridgehead atoms. The van der Waals surface area contributed by atoms with Crippen LogP contribution in [-0.4, -0.2) is 23.1 Å². The molecule has 0 N–H and O–H groups in total. The number of ketones is 4. The Morgan fingerprint density at radius 2 is 0.897 bits per heavy atom. The normalized spacial score (nSPS) is 14.5. The summed E-state index contributed by atoms with van der Waals surface area (Å²) in [6.45, 7) is 0. The Hall–Kier alpha value is -3.66. The van der Waals surface area contributed by atoms with Crippen molar-refractivity contribution in [3.8, 4) is 0 Å². The fourth-order valence-electron chi connectivity index (χ4n) is 3.88. The average Bonchev–Trinajstić information content (AvgIpc) is 2.98. The van der Waals surface area contributed by atoms with Gasteiger partial charge >= 0.3 is 0 Å². The molecule has 0 aromatic heterocycles. The lowest BCUT2D eigenvalue weighted by Gasteiger charge is -2.23. The number of hydrogen-bond donors (Lipinski definition) is 0. The lowest BCUT2D eigenvalue weighted by Crippen LogP contribution is -2.50. The van der Waals surface area contributed by atoms with E-state index >= 15 is 0 Å². The first-order chi connectivity index (χ1) is 14.0. The van der Waals surface area contributed by atoms with Gasteiger partial charge in [0.15, 0.2) is 23.1 Å². The highest BCUT2D eigenvalue weighted by Crippen LogP contribution is 2.40. The molecule has 0 unspecified atom stereocenters. The minimum absolute atomic E-state index is 0.139. The third-order valence-corrected chi connectivity index (χ3v) is 5.35. The molecule has 3 aromatic carbocycles. The average molecular weight is 382 g/mol. The van der Waals surface area contributed by atoms with Gasteiger partial charge in [0.2, 0.25) is 5.41 Å². The Morgan fingerprint density at radius 3 is 1.28 bits per heavy atom. The Kier molecular flexibility index (Phi) is 4.77. The van der Waals surface area contributed by atoms with E-state index in [1.807, 2.05) is 12.1 Å². The summed E-state index contributed by atoms with van der Waals surface area (Å²) in [4.78, 5) is 53.5. The highest BCUT2D eigenvalue weighted by atomic mass is 16.2. The van der Waals surface area contributed by atoms with E-state index in [4.69, 9.17) is 0 Å². The quantitative estimate of drug-likeness (QED) is 0.610. The number of hydrogen-bond acceptors (Lipinski definition) is 4. The fourth-order valence-corrected chi connectivity index (χ4v) is 3.88. The van der Waals surface area contributed by atoms with Gasteiger partial charge in [-0.15, -0.1) is 0 Å². The third-order valence-electron chi connectivity index (χ3n) is 5.35. The summed E-state index contributed by atoms with van der Waals surface area (Å²) in [6.07, 6.45) is -0.320. The van der Waals surface area contributed by atoms with E-state index in [1.165, 1.54) is 12.1 Å². The van der Waals surface area contributed by atoms with E-state index < -0.39 is 28.5 Å². The van der Waals surface area contributed by atoms with Gasteiger partial charge in [-0.05, 0) is 11.1 Å². The van der Waals surface area contributed by atoms with Crippen LogP contribution in [0.1, 0.15) is 31.8 Å². The highest BCUT2D eigenvalue weighted by molar-refractivity contribution is 6.49. The third kappa shape index (κ3) is 3.03. The summed E-state index contributed by atoms with van der Waals surface area (Å²) >= 11 is 0. The van der Waals surface area contributed by atoms with Crippen LogP contribution in [0.15, 0.2) is 84.9 Å². The molecule has 29 heavy (non-hydrogen) atoms. The van der Waals surface area contributed by atoms with Crippen molar-refractivity contribution < 1.29 is 19.2 Å². The first kappa shape index (κ1) is 18.7. The van der Waals surface area contributed by atoms with Crippen molar-refractivity contribution in [2.75, 3.05) is 0 Å². The first-order valence-corrected chi connectivity index (χ1v) is 9.38. The molecule has 142 valence electrons. The van der Waals surface area contributed by atoms with E-state index in [0.29, 0.717) is 11.1 Å². The standard InChI is InChI=1S/C25H18O4/c26-21(15-17-9-3-1-4-10-17)25(22(27)16-18-11-5-2-6-12-18)23(28)19-13-7-8-14-20(19)24(25)29/h1-14H,15-16H2. The number of fused-ring (bicyclic) bond motifs is 1. The van der Waals surface area contributed by atoms with E-state index in [1.54, 1.807) is 60.7 Å². The van der Waals surface area contributed by atoms with Crippen LogP contribution in [0.4, 0.5) is 0 Å². The van der Waals surface area contributed by atoms with Crippen molar-refractivity contribution in [3.63, 3.8) is 0 Å². The summed E-state index contributed by atoms with van der Waals surface area (Å²) < 4.78 is 0. The Labute approximate surface area is 168 Å². The first-order valence-electron chi connectivity index (χ1n) is 9.38. The molecule has 0 aliphatic heterocycles. The largest absolute Gasteiger partial charge is 0.297 e. The van der Waals surface area contributed by atoms with Crippen molar-refractivity contribution in [1.29, 1.82) is 0 Å². The lowest BCUT2D eigenvalue weighted by atomic mass is 9.71. The molecule has 0 heterocycles. The number of carbonyl (C=O) groups excluding carboxylic acids is 4. The van der Waals surface area contributed by atoms with Gasteiger partial charge in [-0.25, -0.2) is 0 Å². The summed E-state index contributed by atoms with van der Waals surface area (Å²) in [5, 5.41) is 0. The zero-order valence-corrected chi connectivity index (χ0v) is 15.6. The minimum atomic E-state index is -2.31. The Morgan fingerprint density at radius 1 is 0.552 bits per heavy atom. The van der Waals surface area contributed by atoms with Gasteiger partial charge in [-0.1, -0.05) is 84.9 Å². The minimum Gasteiger partial charge on any atom is -0.297 e. The maximum Gasteiger partial charge on any atom is 0.213 e. The van der Waals surface area contributed by atoms with E-state index in [9.17, 15) is 19.2 Å². The number of carbonyl (C=O) groups is 4. The Bertz CT molecular complexity index is 1020. The second kappa shape index (κ2) is 7.40. The predicted molar refractivity (Wildman–Crippen MR) is 108 cm³/mol. The topological polar surface area (TPSA) is 68.3 Å². The van der Waals surface area contributed by atoms with Gasteiger partial charge in [0.05, 0.1) is 0 Å². The predicted octanol–water partition coefficient (Wildman–Crippen LogP) is 3.68. The summed E-state index contributed by atoms with van der Waals surface area (Å²) in [6, 6.07) is 23.9. The molecular weight excluding hydrogens is 364 g/mol. The molecule has 0 spiro atoms. The van der Waals surface area contributed by atoms with Crippen molar-refractivity contribution in [3.05, 3.63) is 107 Å². The summed E-state index contributed by atoms with van der Waals surface area (Å²) in [5.41, 5.74) is -0.724. The van der Waals surface area contributed by atoms with Crippen LogP contribution in [-0.2, 0) is 22.4 Å². The molecule has 0 fully saturated rings. The van der Waals surface area contributed by atoms with Gasteiger partial charge in [0.25, 0.3) is 0 Å². The van der Waals surface area contributed by atoms with Crippen LogP contribution in [0.25, 0.3) is 0 Å². The molecule has 1 aliphatic rings. The second-order valence-corrected chi connectivity index (χ2v) is 7.12. The van der Waals surface area contributed by atoms with Gasteiger partial charge in [-0.3, -0.25) is 19.2 Å². The SMILES string of the molecule is O=C(Cc1ccccc1)C1(C(=O)Cc2ccccc2)C(=O)c2ccccc2C1=O. The molecule has 0 saturated carbocycles. The van der Waals surface area contributed by atoms with Gasteiger partial charge in [0, 0.05) is 24.0 Å². The monoisotopic (exact) mass is 382 g/mol. The van der Waals surface area contributed by atoms with E-state index in [-0.39, 0.29) is 24.0 Å². The summed E-state index contributed by atoms with van der Waals surface area (Å²) in [7, 11) is 0. The van der Waals surface area contributed by atoms with Crippen LogP contribution in [0.2, 0.25) is 0 Å². The zero-order valence-electron chi connectivity index (χ0n) is 15.6. The molecule has 3 aromatic rings. The molecule has 0 saturated heterocycles. The van der Waals surface area contributed by atoms with Crippen molar-refractivity contribution in [1.82, 2.24) is 0 Å². The maximum absolute atomic E-state index is 13.4. The maximum atomic E-state index is 13.4. The Balaban J connectivity index is 1.80. The smallest absolute Gasteiger partial charge is 0.213 e. The fraction of sp³-hybridized carbons (Fsp3) is 0.120. The zero-order chi connectivity index (χ0) is 20.4. The van der Waals surface area contributed by atoms with E-state index in [0.717, 1.165) is 0 Å². The second-order valence-electron chi connectivity index (χ2n) is 7.12. The molecule has 4 heteroatoms. The van der Waals surface area contributed by atoms with Crippen molar-refractivity contribution in [2.45, 2.75) is 12.8 Å². The van der Waals surface area contributed by atoms with Gasteiger partial charge in [0.1, 0.15) is 0 Å². The number of rotatable bonds is 6. The molecule has 0 radical (unpaired) electrons. The number of Topliss-reactive ketones (excluding diaryl/α,β-unsaturated/α-hetero) is 4. The van der Waals surface area contributed by atoms with Crippen LogP contribution in [0, 0.1) is 5.41 Å². The molecule has 4 rings (SSSR count). The van der Waals surface area contributed by atoms with Crippen LogP contribution >= 0.6 is 0 Å². The van der Waals surface area contributed by atoms with Crippen LogP contribution in [0.5, 0.6) is 0 Å². The van der Waals surface area contributed by atoms with Crippen molar-refractivity contribution in [2.24, 2.45) is 5.41 Å². The lowest BCUT2D eigenvalue weighted by molar-refractivity contribution is -0.133. The van der Waals surface area contributed by atoms with Crippen molar-refractivity contribution >= 4 is 23.1 Å². The molecular formula is C25H18O4. The molecule has 0 amide bonds. The van der Waals surface area contributed by atoms with E-state index in [2.05, 4.69) is 0 Å². The highest BCUT2D eigenvalue weighted by Gasteiger charge is 2.62. The number of benzene rings is 3. The van der Waals surface area contributed by atoms with Gasteiger partial charge < -0.3 is 0 Å². The van der Waals surface area contributed by atoms with Crippen LogP contribution < -0.4 is 0 Å². The molecule has 1 aliphatic carbocycles. The van der Waals surface area contributed by atoms with Crippen LogP contribution in [0.3, 0.4) is 0 Å².